The van der Waals surface area contributed by atoms with Crippen molar-refractivity contribution in [2.24, 2.45) is 0 Å². The Hall–Kier alpha value is -0.950. The maximum absolute atomic E-state index is 11.7. The van der Waals surface area contributed by atoms with Crippen LogP contribution in [-0.4, -0.2) is 64.9 Å². The summed E-state index contributed by atoms with van der Waals surface area (Å²) in [6, 6.07) is -0.0853. The number of nitrogens with zero attached hydrogens (tertiary/aromatic N) is 1. The Kier molecular flexibility index (Phi) is 8.57. The van der Waals surface area contributed by atoms with E-state index in [4.69, 9.17) is 10.2 Å². The smallest absolute Gasteiger partial charge is 0.332 e. The van der Waals surface area contributed by atoms with Crippen molar-refractivity contribution in [2.45, 2.75) is 31.9 Å². The third-order valence-electron chi connectivity index (χ3n) is 2.68. The maximum atomic E-state index is 11.7. The third kappa shape index (κ3) is 6.11. The zero-order valence-corrected chi connectivity index (χ0v) is 11.9. The Balaban J connectivity index is 4.04. The van der Waals surface area contributed by atoms with Gasteiger partial charge < -0.3 is 20.4 Å². The normalized spacial score (nSPS) is 13.8. The number of hydrogen-bond donors (Lipinski definition) is 3. The fourth-order valence-electron chi connectivity index (χ4n) is 1.43. The maximum Gasteiger partial charge on any atom is 0.332 e. The molecule has 0 aromatic rings. The summed E-state index contributed by atoms with van der Waals surface area (Å²) in [7, 11) is 1.72. The van der Waals surface area contributed by atoms with Crippen LogP contribution < -0.4 is 5.32 Å². The van der Waals surface area contributed by atoms with Crippen LogP contribution in [0.4, 0.5) is 4.79 Å². The van der Waals surface area contributed by atoms with Gasteiger partial charge in [-0.05, 0) is 12.7 Å². The van der Waals surface area contributed by atoms with Crippen LogP contribution in [0.5, 0.6) is 0 Å². The van der Waals surface area contributed by atoms with E-state index in [0.717, 1.165) is 12.2 Å². The number of aliphatic carboxylic acids is 1. The lowest BCUT2D eigenvalue weighted by Gasteiger charge is -2.27. The zero-order valence-electron chi connectivity index (χ0n) is 11.0. The number of urea groups is 1. The van der Waals surface area contributed by atoms with E-state index in [1.807, 2.05) is 13.2 Å². The number of hydrogen-bond acceptors (Lipinski definition) is 4. The van der Waals surface area contributed by atoms with E-state index in [1.165, 1.54) is 0 Å². The number of thioether (sulfide) groups is 1. The van der Waals surface area contributed by atoms with Crippen LogP contribution in [0.1, 0.15) is 19.8 Å². The first-order valence-corrected chi connectivity index (χ1v) is 7.23. The van der Waals surface area contributed by atoms with Crippen LogP contribution in [0.25, 0.3) is 0 Å². The van der Waals surface area contributed by atoms with E-state index < -0.39 is 12.1 Å². The summed E-state index contributed by atoms with van der Waals surface area (Å²) in [6.07, 6.45) is 1.43. The highest BCUT2D eigenvalue weighted by molar-refractivity contribution is 7.98. The Bertz CT molecular complexity index is 276. The summed E-state index contributed by atoms with van der Waals surface area (Å²) in [5.41, 5.74) is 0. The zero-order chi connectivity index (χ0) is 14.1. The standard InChI is InChI=1S/C11H22N2O4S/c1-4-8(7-18-3)13(2)11(17)12-6-5-9(14)10(15)16/h8-9,14H,4-7H2,1-3H3,(H,12,17)(H,15,16). The van der Waals surface area contributed by atoms with Crippen molar-refractivity contribution in [1.82, 2.24) is 10.2 Å². The van der Waals surface area contributed by atoms with Gasteiger partial charge in [-0.2, -0.15) is 11.8 Å². The molecule has 106 valence electrons. The highest BCUT2D eigenvalue weighted by Gasteiger charge is 2.18. The molecule has 0 aliphatic rings. The Labute approximate surface area is 112 Å². The van der Waals surface area contributed by atoms with Crippen molar-refractivity contribution in [1.29, 1.82) is 0 Å². The SMILES string of the molecule is CCC(CSC)N(C)C(=O)NCCC(O)C(=O)O. The number of carbonyl (C=O) groups excluding carboxylic acids is 1. The molecule has 0 radical (unpaired) electrons. The number of carbonyl (C=O) groups is 2. The fourth-order valence-corrected chi connectivity index (χ4v) is 2.27. The molecule has 0 bridgehead atoms. The van der Waals surface area contributed by atoms with Crippen LogP contribution in [0.3, 0.4) is 0 Å². The molecule has 2 atom stereocenters. The second-order valence-corrected chi connectivity index (χ2v) is 4.91. The van der Waals surface area contributed by atoms with Gasteiger partial charge in [-0.15, -0.1) is 0 Å². The topological polar surface area (TPSA) is 89.9 Å². The first-order valence-electron chi connectivity index (χ1n) is 5.84. The summed E-state index contributed by atoms with van der Waals surface area (Å²) < 4.78 is 0. The Morgan fingerprint density at radius 2 is 2.06 bits per heavy atom. The van der Waals surface area contributed by atoms with Crippen molar-refractivity contribution in [3.63, 3.8) is 0 Å². The van der Waals surface area contributed by atoms with E-state index in [1.54, 1.807) is 23.7 Å². The second kappa shape index (κ2) is 9.04. The van der Waals surface area contributed by atoms with Crippen molar-refractivity contribution in [3.05, 3.63) is 0 Å². The average Bonchev–Trinajstić information content (AvgIpc) is 2.34. The van der Waals surface area contributed by atoms with Crippen LogP contribution >= 0.6 is 11.8 Å². The highest BCUT2D eigenvalue weighted by Crippen LogP contribution is 2.08. The monoisotopic (exact) mass is 278 g/mol. The van der Waals surface area contributed by atoms with Crippen LogP contribution in [0, 0.1) is 0 Å². The largest absolute Gasteiger partial charge is 0.479 e. The van der Waals surface area contributed by atoms with Crippen LogP contribution in [0.15, 0.2) is 0 Å². The molecule has 0 saturated carbocycles. The van der Waals surface area contributed by atoms with Crippen LogP contribution in [-0.2, 0) is 4.79 Å². The molecule has 0 aromatic heterocycles. The summed E-state index contributed by atoms with van der Waals surface area (Å²) in [6.45, 7) is 2.16. The minimum absolute atomic E-state index is 0.00817. The van der Waals surface area contributed by atoms with E-state index in [-0.39, 0.29) is 25.0 Å². The van der Waals surface area contributed by atoms with Crippen molar-refractivity contribution < 1.29 is 19.8 Å². The molecule has 0 spiro atoms. The number of aliphatic hydroxyl groups excluding tert-OH is 1. The van der Waals surface area contributed by atoms with Gasteiger partial charge in [0.1, 0.15) is 0 Å². The van der Waals surface area contributed by atoms with Crippen LogP contribution in [0.2, 0.25) is 0 Å². The summed E-state index contributed by atoms with van der Waals surface area (Å²) in [5, 5.41) is 20.1. The quantitative estimate of drug-likeness (QED) is 0.605. The van der Waals surface area contributed by atoms with Gasteiger partial charge in [0.15, 0.2) is 6.10 Å². The molecule has 0 aromatic carbocycles. The number of carboxylic acids is 1. The number of nitrogens with one attached hydrogen (secondary N) is 1. The van der Waals surface area contributed by atoms with E-state index >= 15 is 0 Å². The summed E-state index contributed by atoms with van der Waals surface area (Å²) >= 11 is 1.67. The number of carboxylic acid groups (broad SMARTS) is 1. The minimum atomic E-state index is -1.43. The molecule has 18 heavy (non-hydrogen) atoms. The van der Waals surface area contributed by atoms with Gasteiger partial charge in [0.05, 0.1) is 0 Å². The van der Waals surface area contributed by atoms with Gasteiger partial charge in [-0.3, -0.25) is 0 Å². The molecule has 7 heteroatoms. The molecule has 0 rings (SSSR count). The minimum Gasteiger partial charge on any atom is -0.479 e. The van der Waals surface area contributed by atoms with E-state index in [9.17, 15) is 9.59 Å². The molecular formula is C11H22N2O4S. The molecule has 0 aliphatic heterocycles. The summed E-state index contributed by atoms with van der Waals surface area (Å²) in [4.78, 5) is 23.7. The van der Waals surface area contributed by atoms with Gasteiger partial charge in [0.2, 0.25) is 0 Å². The second-order valence-electron chi connectivity index (χ2n) is 4.00. The molecule has 2 amide bonds. The van der Waals surface area contributed by atoms with Gasteiger partial charge in [0.25, 0.3) is 0 Å². The van der Waals surface area contributed by atoms with Gasteiger partial charge >= 0.3 is 12.0 Å². The molecular weight excluding hydrogens is 256 g/mol. The predicted molar refractivity (Wildman–Crippen MR) is 71.9 cm³/mol. The molecule has 0 aliphatic carbocycles. The first-order chi connectivity index (χ1) is 8.43. The molecule has 0 heterocycles. The lowest BCUT2D eigenvalue weighted by molar-refractivity contribution is -0.146. The van der Waals surface area contributed by atoms with Crippen molar-refractivity contribution >= 4 is 23.8 Å². The van der Waals surface area contributed by atoms with E-state index in [2.05, 4.69) is 5.32 Å². The molecule has 2 unspecified atom stereocenters. The molecule has 6 nitrogen and oxygen atoms in total. The lowest BCUT2D eigenvalue weighted by atomic mass is 10.2. The Morgan fingerprint density at radius 1 is 1.44 bits per heavy atom. The van der Waals surface area contributed by atoms with E-state index in [0.29, 0.717) is 0 Å². The molecule has 0 fully saturated rings. The van der Waals surface area contributed by atoms with Gasteiger partial charge in [-0.1, -0.05) is 6.92 Å². The fraction of sp³-hybridized carbons (Fsp3) is 0.818. The van der Waals surface area contributed by atoms with Crippen molar-refractivity contribution in [3.8, 4) is 0 Å². The summed E-state index contributed by atoms with van der Waals surface area (Å²) in [5.74, 6) is -0.413. The number of rotatable bonds is 8. The Morgan fingerprint density at radius 3 is 2.50 bits per heavy atom. The lowest BCUT2D eigenvalue weighted by Crippen LogP contribution is -2.45. The van der Waals surface area contributed by atoms with Gasteiger partial charge in [0, 0.05) is 31.8 Å². The number of amides is 2. The van der Waals surface area contributed by atoms with Crippen molar-refractivity contribution in [2.75, 3.05) is 25.6 Å². The van der Waals surface area contributed by atoms with Gasteiger partial charge in [-0.25, -0.2) is 9.59 Å². The first kappa shape index (κ1) is 17.1. The number of aliphatic hydroxyl groups is 1. The third-order valence-corrected chi connectivity index (χ3v) is 3.40. The molecule has 0 saturated heterocycles. The average molecular weight is 278 g/mol. The predicted octanol–water partition coefficient (Wildman–Crippen LogP) is 0.605. The molecule has 3 N–H and O–H groups in total. The highest BCUT2D eigenvalue weighted by atomic mass is 32.2.